The number of aryl methyl sites for hydroxylation is 1. The lowest BCUT2D eigenvalue weighted by Gasteiger charge is -2.34. The molecule has 1 aliphatic heterocycles. The van der Waals surface area contributed by atoms with Gasteiger partial charge in [-0.05, 0) is 47.4 Å². The fraction of sp³-hybridized carbons (Fsp3) is 0.346. The summed E-state index contributed by atoms with van der Waals surface area (Å²) in [7, 11) is 0. The summed E-state index contributed by atoms with van der Waals surface area (Å²) in [6.45, 7) is 8.10. The fourth-order valence-electron chi connectivity index (χ4n) is 4.42. The van der Waals surface area contributed by atoms with Crippen molar-refractivity contribution in [2.75, 3.05) is 26.2 Å². The molecule has 0 aromatic heterocycles. The van der Waals surface area contributed by atoms with Gasteiger partial charge in [0, 0.05) is 32.2 Å². The number of hydrogen-bond donors (Lipinski definition) is 2. The number of carbonyl (C=O) groups is 1. The first-order valence-corrected chi connectivity index (χ1v) is 10.9. The van der Waals surface area contributed by atoms with Gasteiger partial charge >= 0.3 is 5.97 Å². The van der Waals surface area contributed by atoms with Crippen LogP contribution in [0.1, 0.15) is 40.0 Å². The maximum absolute atomic E-state index is 11.2. The highest BCUT2D eigenvalue weighted by atomic mass is 16.5. The van der Waals surface area contributed by atoms with Crippen molar-refractivity contribution in [2.45, 2.75) is 32.5 Å². The molecule has 2 N–H and O–H groups in total. The Morgan fingerprint density at radius 3 is 2.81 bits per heavy atom. The number of ether oxygens (including phenoxy) is 1. The van der Waals surface area contributed by atoms with Gasteiger partial charge in [-0.1, -0.05) is 54.6 Å². The molecule has 3 aromatic carbocycles. The van der Waals surface area contributed by atoms with Gasteiger partial charge in [0.15, 0.2) is 0 Å². The lowest BCUT2D eigenvalue weighted by Crippen LogP contribution is -2.46. The lowest BCUT2D eigenvalue weighted by molar-refractivity contribution is -0.0308. The third kappa shape index (κ3) is 5.13. The highest BCUT2D eigenvalue weighted by Gasteiger charge is 2.22. The molecule has 0 saturated carbocycles. The van der Waals surface area contributed by atoms with Crippen LogP contribution in [-0.4, -0.2) is 48.3 Å². The summed E-state index contributed by atoms with van der Waals surface area (Å²) in [5.41, 5.74) is 3.62. The number of aromatic carboxylic acids is 1. The van der Waals surface area contributed by atoms with E-state index in [2.05, 4.69) is 59.6 Å². The number of nitrogens with zero attached hydrogens (tertiary/aromatic N) is 1. The van der Waals surface area contributed by atoms with E-state index in [0.29, 0.717) is 12.2 Å². The van der Waals surface area contributed by atoms with Crippen molar-refractivity contribution >= 4 is 16.7 Å². The van der Waals surface area contributed by atoms with Gasteiger partial charge in [-0.25, -0.2) is 4.79 Å². The molecule has 1 saturated heterocycles. The maximum atomic E-state index is 11.2. The summed E-state index contributed by atoms with van der Waals surface area (Å²) in [5, 5.41) is 15.4. The van der Waals surface area contributed by atoms with Crippen LogP contribution >= 0.6 is 0 Å². The molecule has 31 heavy (non-hydrogen) atoms. The molecule has 4 rings (SSSR count). The van der Waals surface area contributed by atoms with Crippen LogP contribution in [-0.2, 0) is 11.3 Å². The van der Waals surface area contributed by atoms with Gasteiger partial charge in [0.1, 0.15) is 0 Å². The zero-order chi connectivity index (χ0) is 21.8. The first-order valence-electron chi connectivity index (χ1n) is 10.9. The monoisotopic (exact) mass is 418 g/mol. The number of carboxylic acids is 1. The molecule has 0 spiro atoms. The molecule has 0 amide bonds. The topological polar surface area (TPSA) is 61.8 Å². The van der Waals surface area contributed by atoms with E-state index in [4.69, 9.17) is 4.74 Å². The van der Waals surface area contributed by atoms with E-state index < -0.39 is 5.97 Å². The predicted molar refractivity (Wildman–Crippen MR) is 124 cm³/mol. The summed E-state index contributed by atoms with van der Waals surface area (Å²) >= 11 is 0. The minimum atomic E-state index is -0.873. The minimum Gasteiger partial charge on any atom is -0.478 e. The Kier molecular flexibility index (Phi) is 6.66. The Labute approximate surface area is 183 Å². The zero-order valence-electron chi connectivity index (χ0n) is 18.2. The summed E-state index contributed by atoms with van der Waals surface area (Å²) in [4.78, 5) is 13.6. The molecule has 5 nitrogen and oxygen atoms in total. The van der Waals surface area contributed by atoms with Crippen LogP contribution in [0.4, 0.5) is 0 Å². The van der Waals surface area contributed by atoms with E-state index in [1.165, 1.54) is 16.3 Å². The van der Waals surface area contributed by atoms with Crippen molar-refractivity contribution in [3.05, 3.63) is 82.9 Å². The largest absolute Gasteiger partial charge is 0.478 e. The molecular formula is C26H30N2O3. The number of benzene rings is 3. The second-order valence-electron chi connectivity index (χ2n) is 8.38. The highest BCUT2D eigenvalue weighted by molar-refractivity contribution is 5.89. The molecule has 1 aliphatic rings. The van der Waals surface area contributed by atoms with Crippen molar-refractivity contribution in [2.24, 2.45) is 0 Å². The molecule has 162 valence electrons. The Balaban J connectivity index is 1.35. The summed E-state index contributed by atoms with van der Waals surface area (Å²) in [6, 6.07) is 20.8. The molecule has 0 radical (unpaired) electrons. The molecule has 2 atom stereocenters. The van der Waals surface area contributed by atoms with Gasteiger partial charge < -0.3 is 15.2 Å². The van der Waals surface area contributed by atoms with E-state index in [1.54, 1.807) is 6.07 Å². The predicted octanol–water partition coefficient (Wildman–Crippen LogP) is 4.40. The Morgan fingerprint density at radius 2 is 2.00 bits per heavy atom. The third-order valence-electron chi connectivity index (χ3n) is 6.09. The van der Waals surface area contributed by atoms with Crippen molar-refractivity contribution < 1.29 is 14.6 Å². The second-order valence-corrected chi connectivity index (χ2v) is 8.38. The number of morpholine rings is 1. The highest BCUT2D eigenvalue weighted by Crippen LogP contribution is 2.24. The maximum Gasteiger partial charge on any atom is 0.335 e. The van der Waals surface area contributed by atoms with Crippen molar-refractivity contribution in [1.29, 1.82) is 0 Å². The Morgan fingerprint density at radius 1 is 1.19 bits per heavy atom. The van der Waals surface area contributed by atoms with E-state index in [9.17, 15) is 9.90 Å². The van der Waals surface area contributed by atoms with Gasteiger partial charge in [0.2, 0.25) is 0 Å². The Bertz CT molecular complexity index is 1060. The van der Waals surface area contributed by atoms with Crippen LogP contribution in [0.2, 0.25) is 0 Å². The lowest BCUT2D eigenvalue weighted by atomic mass is 9.99. The molecule has 0 bridgehead atoms. The van der Waals surface area contributed by atoms with Gasteiger partial charge in [0.25, 0.3) is 0 Å². The van der Waals surface area contributed by atoms with Crippen LogP contribution in [0.5, 0.6) is 0 Å². The van der Waals surface area contributed by atoms with Crippen molar-refractivity contribution in [3.8, 4) is 0 Å². The van der Waals surface area contributed by atoms with Crippen LogP contribution in [0, 0.1) is 6.92 Å². The van der Waals surface area contributed by atoms with Crippen LogP contribution in [0.25, 0.3) is 10.8 Å². The second kappa shape index (κ2) is 9.60. The average molecular weight is 419 g/mol. The molecule has 3 aromatic rings. The first-order chi connectivity index (χ1) is 15.0. The Hall–Kier alpha value is -2.73. The van der Waals surface area contributed by atoms with Crippen LogP contribution < -0.4 is 5.32 Å². The SMILES string of the molecule is Cc1cc(CN2CCOC(CNC(C)c3cccc4ccccc34)C2)ccc1C(=O)O. The number of hydrogen-bond acceptors (Lipinski definition) is 4. The number of carboxylic acid groups (broad SMARTS) is 1. The molecular weight excluding hydrogens is 388 g/mol. The number of fused-ring (bicyclic) bond motifs is 1. The van der Waals surface area contributed by atoms with Crippen molar-refractivity contribution in [1.82, 2.24) is 10.2 Å². The average Bonchev–Trinajstić information content (AvgIpc) is 2.77. The molecule has 5 heteroatoms. The fourth-order valence-corrected chi connectivity index (χ4v) is 4.42. The quantitative estimate of drug-likeness (QED) is 0.596. The number of rotatable bonds is 7. The van der Waals surface area contributed by atoms with Gasteiger partial charge in [0.05, 0.1) is 18.3 Å². The number of nitrogens with one attached hydrogen (secondary N) is 1. The van der Waals surface area contributed by atoms with E-state index >= 15 is 0 Å². The zero-order valence-corrected chi connectivity index (χ0v) is 18.2. The summed E-state index contributed by atoms with van der Waals surface area (Å²) in [5.74, 6) is -0.873. The van der Waals surface area contributed by atoms with E-state index in [-0.39, 0.29) is 12.1 Å². The smallest absolute Gasteiger partial charge is 0.335 e. The summed E-state index contributed by atoms with van der Waals surface area (Å²) in [6.07, 6.45) is 0.130. The van der Waals surface area contributed by atoms with Crippen molar-refractivity contribution in [3.63, 3.8) is 0 Å². The molecule has 1 fully saturated rings. The first kappa shape index (κ1) is 21.5. The van der Waals surface area contributed by atoms with Crippen LogP contribution in [0.15, 0.2) is 60.7 Å². The van der Waals surface area contributed by atoms with Gasteiger partial charge in [-0.2, -0.15) is 0 Å². The standard InChI is InChI=1S/C26H30N2O3/c1-18-14-20(10-11-23(18)26(29)30)16-28-12-13-31-22(17-28)15-27-19(2)24-9-5-7-21-6-3-4-8-25(21)24/h3-11,14,19,22,27H,12-13,15-17H2,1-2H3,(H,29,30). The van der Waals surface area contributed by atoms with Crippen LogP contribution in [0.3, 0.4) is 0 Å². The van der Waals surface area contributed by atoms with E-state index in [0.717, 1.165) is 37.3 Å². The third-order valence-corrected chi connectivity index (χ3v) is 6.09. The normalized spacial score (nSPS) is 18.2. The van der Waals surface area contributed by atoms with Gasteiger partial charge in [-0.3, -0.25) is 4.90 Å². The molecule has 1 heterocycles. The summed E-state index contributed by atoms with van der Waals surface area (Å²) < 4.78 is 6.01. The molecule has 0 aliphatic carbocycles. The van der Waals surface area contributed by atoms with Gasteiger partial charge in [-0.15, -0.1) is 0 Å². The molecule has 2 unspecified atom stereocenters. The minimum absolute atomic E-state index is 0.130. The van der Waals surface area contributed by atoms with E-state index in [1.807, 2.05) is 19.1 Å².